The predicted molar refractivity (Wildman–Crippen MR) is 96.4 cm³/mol. The summed E-state index contributed by atoms with van der Waals surface area (Å²) in [6, 6.07) is 13.4. The van der Waals surface area contributed by atoms with Crippen molar-refractivity contribution in [3.63, 3.8) is 0 Å². The normalized spacial score (nSPS) is 11.8. The molecule has 0 bridgehead atoms. The average Bonchev–Trinajstić information content (AvgIpc) is 2.50. The van der Waals surface area contributed by atoms with Gasteiger partial charge in [-0.3, -0.25) is 4.79 Å². The molecule has 3 nitrogen and oxygen atoms in total. The Morgan fingerprint density at radius 1 is 1.23 bits per heavy atom. The Hall–Kier alpha value is -1.33. The third-order valence-electron chi connectivity index (χ3n) is 3.22. The second-order valence-electron chi connectivity index (χ2n) is 4.83. The van der Waals surface area contributed by atoms with Gasteiger partial charge in [0.05, 0.1) is 4.47 Å². The van der Waals surface area contributed by atoms with Crippen LogP contribution in [-0.4, -0.2) is 12.0 Å². The molecule has 5 heteroatoms. The van der Waals surface area contributed by atoms with Crippen molar-refractivity contribution in [3.8, 4) is 5.75 Å². The second kappa shape index (κ2) is 7.79. The number of benzene rings is 2. The molecular formula is C17H17Br2NO2. The standard InChI is InChI=1S/C17H17Br2NO2/c1-3-12-6-4-5-7-15(12)20-17(21)11(2)22-16-9-8-13(18)10-14(16)19/h4-11H,3H2,1-2H3,(H,20,21)/t11-/m0/s1. The van der Waals surface area contributed by atoms with Crippen LogP contribution in [0.25, 0.3) is 0 Å². The van der Waals surface area contributed by atoms with Gasteiger partial charge in [0.15, 0.2) is 6.10 Å². The number of aryl methyl sites for hydroxylation is 1. The largest absolute Gasteiger partial charge is 0.480 e. The monoisotopic (exact) mass is 425 g/mol. The van der Waals surface area contributed by atoms with Crippen LogP contribution in [0.15, 0.2) is 51.4 Å². The van der Waals surface area contributed by atoms with Crippen LogP contribution < -0.4 is 10.1 Å². The molecule has 1 amide bonds. The summed E-state index contributed by atoms with van der Waals surface area (Å²) < 4.78 is 7.47. The van der Waals surface area contributed by atoms with Gasteiger partial charge in [0.1, 0.15) is 5.75 Å². The fourth-order valence-electron chi connectivity index (χ4n) is 2.00. The zero-order valence-corrected chi connectivity index (χ0v) is 15.6. The maximum atomic E-state index is 12.3. The molecule has 0 saturated heterocycles. The summed E-state index contributed by atoms with van der Waals surface area (Å²) in [6.45, 7) is 3.79. The molecule has 1 N–H and O–H groups in total. The molecule has 0 saturated carbocycles. The number of halogens is 2. The minimum Gasteiger partial charge on any atom is -0.480 e. The fourth-order valence-corrected chi connectivity index (χ4v) is 3.14. The van der Waals surface area contributed by atoms with E-state index in [1.807, 2.05) is 42.5 Å². The first-order chi connectivity index (χ1) is 10.5. The molecule has 0 aromatic heterocycles. The molecule has 0 heterocycles. The summed E-state index contributed by atoms with van der Waals surface area (Å²) in [5, 5.41) is 2.92. The van der Waals surface area contributed by atoms with Gasteiger partial charge < -0.3 is 10.1 Å². The Morgan fingerprint density at radius 3 is 2.64 bits per heavy atom. The van der Waals surface area contributed by atoms with Crippen molar-refractivity contribution in [2.24, 2.45) is 0 Å². The van der Waals surface area contributed by atoms with Crippen LogP contribution >= 0.6 is 31.9 Å². The molecule has 0 spiro atoms. The molecule has 2 aromatic carbocycles. The Labute approximate surface area is 147 Å². The van der Waals surface area contributed by atoms with Crippen molar-refractivity contribution in [2.45, 2.75) is 26.4 Å². The predicted octanol–water partition coefficient (Wildman–Crippen LogP) is 5.18. The SMILES string of the molecule is CCc1ccccc1NC(=O)[C@H](C)Oc1ccc(Br)cc1Br. The van der Waals surface area contributed by atoms with Gasteiger partial charge >= 0.3 is 0 Å². The summed E-state index contributed by atoms with van der Waals surface area (Å²) in [6.07, 6.45) is 0.270. The number of para-hydroxylation sites is 1. The van der Waals surface area contributed by atoms with Gasteiger partial charge in [-0.15, -0.1) is 0 Å². The van der Waals surface area contributed by atoms with Gasteiger partial charge in [0.2, 0.25) is 0 Å². The highest BCUT2D eigenvalue weighted by molar-refractivity contribution is 9.11. The Kier molecular flexibility index (Phi) is 6.03. The number of rotatable bonds is 5. The third-order valence-corrected chi connectivity index (χ3v) is 4.34. The molecule has 2 aromatic rings. The van der Waals surface area contributed by atoms with Crippen molar-refractivity contribution in [3.05, 3.63) is 57.0 Å². The highest BCUT2D eigenvalue weighted by Gasteiger charge is 2.17. The van der Waals surface area contributed by atoms with Gasteiger partial charge in [-0.1, -0.05) is 41.1 Å². The number of amides is 1. The van der Waals surface area contributed by atoms with Crippen LogP contribution in [-0.2, 0) is 11.2 Å². The van der Waals surface area contributed by atoms with E-state index in [0.717, 1.165) is 26.6 Å². The second-order valence-corrected chi connectivity index (χ2v) is 6.60. The Morgan fingerprint density at radius 2 is 1.95 bits per heavy atom. The van der Waals surface area contributed by atoms with E-state index in [2.05, 4.69) is 44.1 Å². The van der Waals surface area contributed by atoms with Crippen LogP contribution in [0.1, 0.15) is 19.4 Å². The van der Waals surface area contributed by atoms with Crippen LogP contribution in [0.4, 0.5) is 5.69 Å². The lowest BCUT2D eigenvalue weighted by Crippen LogP contribution is -2.30. The molecule has 0 aliphatic carbocycles. The molecule has 116 valence electrons. The molecule has 0 radical (unpaired) electrons. The van der Waals surface area contributed by atoms with Gasteiger partial charge in [-0.05, 0) is 59.1 Å². The van der Waals surface area contributed by atoms with Crippen molar-refractivity contribution < 1.29 is 9.53 Å². The van der Waals surface area contributed by atoms with Crippen LogP contribution in [0.2, 0.25) is 0 Å². The maximum absolute atomic E-state index is 12.3. The highest BCUT2D eigenvalue weighted by atomic mass is 79.9. The third kappa shape index (κ3) is 4.34. The molecule has 0 aliphatic rings. The number of anilines is 1. The van der Waals surface area contributed by atoms with E-state index in [-0.39, 0.29) is 5.91 Å². The maximum Gasteiger partial charge on any atom is 0.265 e. The van der Waals surface area contributed by atoms with Gasteiger partial charge in [-0.25, -0.2) is 0 Å². The number of ether oxygens (including phenoxy) is 1. The summed E-state index contributed by atoms with van der Waals surface area (Å²) in [7, 11) is 0. The van der Waals surface area contributed by atoms with Crippen molar-refractivity contribution >= 4 is 43.5 Å². The van der Waals surface area contributed by atoms with Crippen LogP contribution in [0.5, 0.6) is 5.75 Å². The first-order valence-corrected chi connectivity index (χ1v) is 8.60. The molecule has 0 fully saturated rings. The molecule has 22 heavy (non-hydrogen) atoms. The molecule has 0 unspecified atom stereocenters. The van der Waals surface area contributed by atoms with E-state index in [1.54, 1.807) is 6.92 Å². The van der Waals surface area contributed by atoms with Crippen molar-refractivity contribution in [2.75, 3.05) is 5.32 Å². The summed E-state index contributed by atoms with van der Waals surface area (Å²) >= 11 is 6.81. The molecule has 1 atom stereocenters. The topological polar surface area (TPSA) is 38.3 Å². The highest BCUT2D eigenvalue weighted by Crippen LogP contribution is 2.29. The number of hydrogen-bond acceptors (Lipinski definition) is 2. The van der Waals surface area contributed by atoms with E-state index in [0.29, 0.717) is 5.75 Å². The lowest BCUT2D eigenvalue weighted by Gasteiger charge is -2.17. The van der Waals surface area contributed by atoms with Gasteiger partial charge in [0.25, 0.3) is 5.91 Å². The van der Waals surface area contributed by atoms with Gasteiger partial charge in [0, 0.05) is 10.2 Å². The molecule has 0 aliphatic heterocycles. The number of nitrogens with one attached hydrogen (secondary N) is 1. The Balaban J connectivity index is 2.06. The summed E-state index contributed by atoms with van der Waals surface area (Å²) in [5.74, 6) is 0.463. The Bertz CT molecular complexity index is 673. The number of hydrogen-bond donors (Lipinski definition) is 1. The molecular weight excluding hydrogens is 410 g/mol. The van der Waals surface area contributed by atoms with Crippen LogP contribution in [0.3, 0.4) is 0 Å². The lowest BCUT2D eigenvalue weighted by molar-refractivity contribution is -0.122. The minimum atomic E-state index is -0.595. The van der Waals surface area contributed by atoms with Crippen molar-refractivity contribution in [1.82, 2.24) is 0 Å². The lowest BCUT2D eigenvalue weighted by atomic mass is 10.1. The van der Waals surface area contributed by atoms with Gasteiger partial charge in [-0.2, -0.15) is 0 Å². The minimum absolute atomic E-state index is 0.171. The smallest absolute Gasteiger partial charge is 0.265 e. The van der Waals surface area contributed by atoms with E-state index in [9.17, 15) is 4.79 Å². The number of carbonyl (C=O) groups excluding carboxylic acids is 1. The first kappa shape index (κ1) is 17.0. The van der Waals surface area contributed by atoms with Crippen molar-refractivity contribution in [1.29, 1.82) is 0 Å². The van der Waals surface area contributed by atoms with E-state index < -0.39 is 6.10 Å². The number of carbonyl (C=O) groups is 1. The molecule has 2 rings (SSSR count). The first-order valence-electron chi connectivity index (χ1n) is 7.01. The summed E-state index contributed by atoms with van der Waals surface area (Å²) in [4.78, 5) is 12.3. The fraction of sp³-hybridized carbons (Fsp3) is 0.235. The van der Waals surface area contributed by atoms with Crippen LogP contribution in [0, 0.1) is 0 Å². The summed E-state index contributed by atoms with van der Waals surface area (Å²) in [5.41, 5.74) is 1.94. The zero-order chi connectivity index (χ0) is 16.1. The van der Waals surface area contributed by atoms with E-state index >= 15 is 0 Å². The average molecular weight is 427 g/mol. The zero-order valence-electron chi connectivity index (χ0n) is 12.4. The van der Waals surface area contributed by atoms with E-state index in [1.165, 1.54) is 0 Å². The van der Waals surface area contributed by atoms with E-state index in [4.69, 9.17) is 4.74 Å². The quantitative estimate of drug-likeness (QED) is 0.715.